The zero-order valence-corrected chi connectivity index (χ0v) is 11.0. The van der Waals surface area contributed by atoms with Crippen molar-refractivity contribution >= 4 is 33.3 Å². The van der Waals surface area contributed by atoms with Crippen LogP contribution in [0.1, 0.15) is 0 Å². The van der Waals surface area contributed by atoms with E-state index in [2.05, 4.69) is 21.0 Å². The lowest BCUT2D eigenvalue weighted by molar-refractivity contribution is -0.129. The first-order valence-corrected chi connectivity index (χ1v) is 6.40. The van der Waals surface area contributed by atoms with Gasteiger partial charge in [0.25, 0.3) is 0 Å². The number of ether oxygens (including phenoxy) is 1. The Bertz CT molecular complexity index is 532. The van der Waals surface area contributed by atoms with Gasteiger partial charge in [0.1, 0.15) is 0 Å². The molecule has 0 aliphatic carbocycles. The zero-order chi connectivity index (χ0) is 12.7. The number of nitrogens with zero attached hydrogens (tertiary/aromatic N) is 2. The molecule has 2 unspecified atom stereocenters. The topological polar surface area (TPSA) is 62.1 Å². The summed E-state index contributed by atoms with van der Waals surface area (Å²) in [5, 5.41) is 15.1. The molecule has 3 rings (SSSR count). The normalized spacial score (nSPS) is 26.1. The van der Waals surface area contributed by atoms with E-state index in [4.69, 9.17) is 9.84 Å². The van der Waals surface area contributed by atoms with Crippen LogP contribution in [0.5, 0.6) is 0 Å². The summed E-state index contributed by atoms with van der Waals surface area (Å²) in [6, 6.07) is 7.64. The van der Waals surface area contributed by atoms with Crippen LogP contribution in [-0.4, -0.2) is 36.0 Å². The van der Waals surface area contributed by atoms with E-state index < -0.39 is 5.97 Å². The molecule has 1 fully saturated rings. The maximum absolute atomic E-state index is 11.2. The predicted octanol–water partition coefficient (Wildman–Crippen LogP) is 1.72. The summed E-state index contributed by atoms with van der Waals surface area (Å²) in [5.41, 5.74) is 1.07. The molecule has 18 heavy (non-hydrogen) atoms. The summed E-state index contributed by atoms with van der Waals surface area (Å²) in [7, 11) is 0. The smallest absolute Gasteiger partial charge is 0.352 e. The van der Waals surface area contributed by atoms with Gasteiger partial charge in [-0.25, -0.2) is 4.79 Å². The first kappa shape index (κ1) is 11.7. The molecule has 2 aliphatic heterocycles. The number of rotatable bonds is 2. The van der Waals surface area contributed by atoms with E-state index in [1.54, 1.807) is 5.01 Å². The highest BCUT2D eigenvalue weighted by Gasteiger charge is 2.45. The summed E-state index contributed by atoms with van der Waals surface area (Å²) < 4.78 is 6.32. The Morgan fingerprint density at radius 3 is 3.06 bits per heavy atom. The van der Waals surface area contributed by atoms with Crippen molar-refractivity contribution in [3.05, 3.63) is 28.7 Å². The second kappa shape index (κ2) is 4.37. The Kier molecular flexibility index (Phi) is 2.83. The molecule has 0 spiro atoms. The molecule has 0 saturated carbocycles. The van der Waals surface area contributed by atoms with Crippen LogP contribution >= 0.6 is 15.9 Å². The molecule has 2 atom stereocenters. The lowest BCUT2D eigenvalue weighted by Crippen LogP contribution is -2.33. The number of carboxylic acids is 1. The van der Waals surface area contributed by atoms with Crippen LogP contribution in [0, 0.1) is 5.92 Å². The number of carboxylic acid groups (broad SMARTS) is 1. The standard InChI is InChI=1S/C12H11BrN2O3/c13-7-2-1-3-8(4-7)15-10-6-18-5-9(10)11(14-15)12(16)17/h1-4,9-10H,5-6H2,(H,16,17). The van der Waals surface area contributed by atoms with Gasteiger partial charge in [-0.2, -0.15) is 5.10 Å². The van der Waals surface area contributed by atoms with Crippen LogP contribution in [0.15, 0.2) is 33.8 Å². The summed E-state index contributed by atoms with van der Waals surface area (Å²) in [6.45, 7) is 0.942. The minimum Gasteiger partial charge on any atom is -0.477 e. The van der Waals surface area contributed by atoms with Crippen molar-refractivity contribution in [3.63, 3.8) is 0 Å². The van der Waals surface area contributed by atoms with Gasteiger partial charge in [0, 0.05) is 4.47 Å². The molecule has 0 bridgehead atoms. The number of anilines is 1. The van der Waals surface area contributed by atoms with Gasteiger partial charge in [-0.15, -0.1) is 0 Å². The van der Waals surface area contributed by atoms with E-state index in [9.17, 15) is 4.79 Å². The highest BCUT2D eigenvalue weighted by Crippen LogP contribution is 2.33. The number of hydrogen-bond acceptors (Lipinski definition) is 4. The molecule has 0 amide bonds. The lowest BCUT2D eigenvalue weighted by atomic mass is 9.99. The molecular weight excluding hydrogens is 300 g/mol. The summed E-state index contributed by atoms with van der Waals surface area (Å²) in [6.07, 6.45) is 0. The monoisotopic (exact) mass is 310 g/mol. The Balaban J connectivity index is 1.99. The van der Waals surface area contributed by atoms with Crippen LogP contribution in [0.3, 0.4) is 0 Å². The molecule has 1 saturated heterocycles. The molecule has 2 heterocycles. The Morgan fingerprint density at radius 2 is 2.33 bits per heavy atom. The highest BCUT2D eigenvalue weighted by molar-refractivity contribution is 9.10. The lowest BCUT2D eigenvalue weighted by Gasteiger charge is -2.21. The second-order valence-corrected chi connectivity index (χ2v) is 5.24. The number of hydrazone groups is 1. The maximum atomic E-state index is 11.2. The minimum absolute atomic E-state index is 0.00889. The van der Waals surface area contributed by atoms with E-state index in [-0.39, 0.29) is 17.7 Å². The third-order valence-electron chi connectivity index (χ3n) is 3.22. The van der Waals surface area contributed by atoms with Crippen LogP contribution in [0.4, 0.5) is 5.69 Å². The van der Waals surface area contributed by atoms with E-state index in [0.29, 0.717) is 13.2 Å². The zero-order valence-electron chi connectivity index (χ0n) is 9.41. The molecule has 0 radical (unpaired) electrons. The molecule has 0 aromatic heterocycles. The number of halogens is 1. The van der Waals surface area contributed by atoms with E-state index >= 15 is 0 Å². The van der Waals surface area contributed by atoms with Crippen molar-refractivity contribution < 1.29 is 14.6 Å². The second-order valence-electron chi connectivity index (χ2n) is 4.33. The van der Waals surface area contributed by atoms with Crippen molar-refractivity contribution in [2.75, 3.05) is 18.2 Å². The number of carbonyl (C=O) groups is 1. The first-order chi connectivity index (χ1) is 8.66. The van der Waals surface area contributed by atoms with Gasteiger partial charge in [-0.1, -0.05) is 22.0 Å². The number of aliphatic carboxylic acids is 1. The van der Waals surface area contributed by atoms with E-state index in [1.165, 1.54) is 0 Å². The van der Waals surface area contributed by atoms with Crippen molar-refractivity contribution in [2.24, 2.45) is 11.0 Å². The van der Waals surface area contributed by atoms with Gasteiger partial charge in [0.15, 0.2) is 5.71 Å². The Morgan fingerprint density at radius 1 is 1.50 bits per heavy atom. The van der Waals surface area contributed by atoms with E-state index in [0.717, 1.165) is 10.2 Å². The molecule has 1 aromatic carbocycles. The summed E-state index contributed by atoms with van der Waals surface area (Å²) in [5.74, 6) is -1.10. The number of benzene rings is 1. The minimum atomic E-state index is -0.965. The van der Waals surface area contributed by atoms with Crippen LogP contribution < -0.4 is 5.01 Å². The fourth-order valence-electron chi connectivity index (χ4n) is 2.38. The number of hydrogen-bond donors (Lipinski definition) is 1. The van der Waals surface area contributed by atoms with Crippen LogP contribution in [0.2, 0.25) is 0 Å². The van der Waals surface area contributed by atoms with Gasteiger partial charge >= 0.3 is 5.97 Å². The molecule has 6 heteroatoms. The van der Waals surface area contributed by atoms with Crippen LogP contribution in [-0.2, 0) is 9.53 Å². The molecule has 1 N–H and O–H groups in total. The van der Waals surface area contributed by atoms with Crippen molar-refractivity contribution in [1.29, 1.82) is 0 Å². The highest BCUT2D eigenvalue weighted by atomic mass is 79.9. The predicted molar refractivity (Wildman–Crippen MR) is 69.8 cm³/mol. The van der Waals surface area contributed by atoms with Crippen molar-refractivity contribution in [3.8, 4) is 0 Å². The molecular formula is C12H11BrN2O3. The van der Waals surface area contributed by atoms with Gasteiger partial charge in [-0.05, 0) is 18.2 Å². The Labute approximate surface area is 112 Å². The maximum Gasteiger partial charge on any atom is 0.352 e. The van der Waals surface area contributed by atoms with Gasteiger partial charge in [0.2, 0.25) is 0 Å². The molecule has 1 aromatic rings. The molecule has 5 nitrogen and oxygen atoms in total. The van der Waals surface area contributed by atoms with Gasteiger partial charge < -0.3 is 9.84 Å². The molecule has 94 valence electrons. The van der Waals surface area contributed by atoms with Crippen molar-refractivity contribution in [2.45, 2.75) is 6.04 Å². The third kappa shape index (κ3) is 1.81. The Hall–Kier alpha value is -1.40. The molecule has 2 aliphatic rings. The SMILES string of the molecule is O=C(O)C1=NN(c2cccc(Br)c2)C2COCC12. The quantitative estimate of drug-likeness (QED) is 0.903. The average molecular weight is 311 g/mol. The largest absolute Gasteiger partial charge is 0.477 e. The van der Waals surface area contributed by atoms with E-state index in [1.807, 2.05) is 24.3 Å². The number of fused-ring (bicyclic) bond motifs is 1. The average Bonchev–Trinajstić information content (AvgIpc) is 2.88. The fraction of sp³-hybridized carbons (Fsp3) is 0.333. The summed E-state index contributed by atoms with van der Waals surface area (Å²) >= 11 is 3.40. The van der Waals surface area contributed by atoms with Crippen molar-refractivity contribution in [1.82, 2.24) is 0 Å². The summed E-state index contributed by atoms with van der Waals surface area (Å²) in [4.78, 5) is 11.2. The van der Waals surface area contributed by atoms with Gasteiger partial charge in [0.05, 0.1) is 30.9 Å². The first-order valence-electron chi connectivity index (χ1n) is 5.61. The third-order valence-corrected chi connectivity index (χ3v) is 3.72. The fourth-order valence-corrected chi connectivity index (χ4v) is 2.77. The van der Waals surface area contributed by atoms with Crippen LogP contribution in [0.25, 0.3) is 0 Å². The van der Waals surface area contributed by atoms with Gasteiger partial charge in [-0.3, -0.25) is 5.01 Å².